The second-order valence-electron chi connectivity index (χ2n) is 4.00. The van der Waals surface area contributed by atoms with Crippen LogP contribution in [-0.4, -0.2) is 30.6 Å². The van der Waals surface area contributed by atoms with Gasteiger partial charge in [-0.2, -0.15) is 11.8 Å². The van der Waals surface area contributed by atoms with Crippen LogP contribution in [0.15, 0.2) is 18.2 Å². The van der Waals surface area contributed by atoms with Gasteiger partial charge in [0.25, 0.3) is 0 Å². The zero-order chi connectivity index (χ0) is 13.5. The molecule has 0 aliphatic rings. The van der Waals surface area contributed by atoms with Gasteiger partial charge in [-0.25, -0.2) is 4.79 Å². The summed E-state index contributed by atoms with van der Waals surface area (Å²) in [6.07, 6.45) is 0. The summed E-state index contributed by atoms with van der Waals surface area (Å²) in [7, 11) is 1.36. The van der Waals surface area contributed by atoms with E-state index in [0.717, 1.165) is 17.2 Å². The Labute approximate surface area is 112 Å². The van der Waals surface area contributed by atoms with Gasteiger partial charge in [0.2, 0.25) is 0 Å². The molecule has 3 N–H and O–H groups in total. The molecular weight excluding hydrogens is 248 g/mol. The fraction of sp³-hybridized carbons (Fsp3) is 0.462. The molecule has 0 radical (unpaired) electrons. The lowest BCUT2D eigenvalue weighted by Crippen LogP contribution is -2.19. The first-order chi connectivity index (χ1) is 8.58. The third kappa shape index (κ3) is 4.14. The van der Waals surface area contributed by atoms with Crippen molar-refractivity contribution in [3.8, 4) is 0 Å². The molecular formula is C13H20N2O2S. The number of carbonyl (C=O) groups is 1. The first-order valence-electron chi connectivity index (χ1n) is 5.90. The second kappa shape index (κ2) is 7.16. The average molecular weight is 268 g/mol. The second-order valence-corrected chi connectivity index (χ2v) is 5.32. The van der Waals surface area contributed by atoms with E-state index < -0.39 is 0 Å². The summed E-state index contributed by atoms with van der Waals surface area (Å²) in [5.41, 5.74) is 7.80. The van der Waals surface area contributed by atoms with Crippen molar-refractivity contribution in [1.82, 2.24) is 0 Å². The maximum atomic E-state index is 11.3. The first-order valence-corrected chi connectivity index (χ1v) is 7.06. The van der Waals surface area contributed by atoms with E-state index in [2.05, 4.69) is 23.9 Å². The summed E-state index contributed by atoms with van der Waals surface area (Å²) in [4.78, 5) is 11.3. The number of ether oxygens (including phenoxy) is 1. The Morgan fingerprint density at radius 2 is 2.28 bits per heavy atom. The summed E-state index contributed by atoms with van der Waals surface area (Å²) < 4.78 is 4.65. The third-order valence-corrected chi connectivity index (χ3v) is 3.59. The number of hydrogen-bond acceptors (Lipinski definition) is 5. The average Bonchev–Trinajstić information content (AvgIpc) is 2.37. The van der Waals surface area contributed by atoms with Gasteiger partial charge >= 0.3 is 5.97 Å². The molecule has 0 amide bonds. The Balaban J connectivity index is 2.70. The van der Waals surface area contributed by atoms with Gasteiger partial charge in [0.1, 0.15) is 0 Å². The number of methoxy groups -OCH3 is 1. The lowest BCUT2D eigenvalue weighted by Gasteiger charge is -2.16. The number of nitrogen functional groups attached to an aromatic ring is 1. The van der Waals surface area contributed by atoms with Crippen molar-refractivity contribution in [2.75, 3.05) is 29.7 Å². The molecule has 18 heavy (non-hydrogen) atoms. The number of hydrogen-bond donors (Lipinski definition) is 2. The highest BCUT2D eigenvalue weighted by atomic mass is 32.2. The van der Waals surface area contributed by atoms with Crippen LogP contribution in [0.2, 0.25) is 0 Å². The van der Waals surface area contributed by atoms with Crippen LogP contribution in [0.1, 0.15) is 24.2 Å². The van der Waals surface area contributed by atoms with Crippen LogP contribution in [-0.2, 0) is 4.74 Å². The highest BCUT2D eigenvalue weighted by Crippen LogP contribution is 2.21. The Morgan fingerprint density at radius 1 is 1.56 bits per heavy atom. The van der Waals surface area contributed by atoms with Gasteiger partial charge in [0, 0.05) is 11.8 Å². The largest absolute Gasteiger partial charge is 0.465 e. The van der Waals surface area contributed by atoms with Crippen molar-refractivity contribution in [2.45, 2.75) is 19.9 Å². The highest BCUT2D eigenvalue weighted by Gasteiger charge is 2.09. The van der Waals surface area contributed by atoms with E-state index in [0.29, 0.717) is 17.3 Å². The third-order valence-electron chi connectivity index (χ3n) is 2.45. The van der Waals surface area contributed by atoms with Crippen molar-refractivity contribution in [2.24, 2.45) is 0 Å². The number of nitrogens with two attached hydrogens (primary N) is 1. The fourth-order valence-electron chi connectivity index (χ4n) is 1.54. The van der Waals surface area contributed by atoms with E-state index in [-0.39, 0.29) is 5.97 Å². The smallest absolute Gasteiger partial charge is 0.337 e. The predicted octanol–water partition coefficient (Wildman–Crippen LogP) is 2.61. The molecule has 0 fully saturated rings. The zero-order valence-corrected chi connectivity index (χ0v) is 11.8. The van der Waals surface area contributed by atoms with E-state index in [1.807, 2.05) is 17.8 Å². The van der Waals surface area contributed by atoms with Gasteiger partial charge in [-0.15, -0.1) is 0 Å². The number of esters is 1. The summed E-state index contributed by atoms with van der Waals surface area (Å²) in [6.45, 7) is 4.24. The Hall–Kier alpha value is -1.36. The maximum Gasteiger partial charge on any atom is 0.337 e. The van der Waals surface area contributed by atoms with Crippen LogP contribution < -0.4 is 11.1 Å². The SMILES string of the molecule is CCSCC(C)Nc1ccc(C(=O)OC)cc1N. The Bertz CT molecular complexity index is 410. The van der Waals surface area contributed by atoms with Crippen molar-refractivity contribution in [3.05, 3.63) is 23.8 Å². The molecule has 4 nitrogen and oxygen atoms in total. The molecule has 1 atom stereocenters. The molecule has 0 aliphatic heterocycles. The molecule has 0 bridgehead atoms. The molecule has 1 rings (SSSR count). The van der Waals surface area contributed by atoms with Gasteiger partial charge in [-0.1, -0.05) is 6.92 Å². The minimum atomic E-state index is -0.372. The Morgan fingerprint density at radius 3 is 2.83 bits per heavy atom. The summed E-state index contributed by atoms with van der Waals surface area (Å²) in [5, 5.41) is 3.33. The molecule has 1 aromatic rings. The van der Waals surface area contributed by atoms with Crippen LogP contribution in [0, 0.1) is 0 Å². The zero-order valence-electron chi connectivity index (χ0n) is 11.0. The lowest BCUT2D eigenvalue weighted by molar-refractivity contribution is 0.0601. The van der Waals surface area contributed by atoms with Crippen LogP contribution in [0.4, 0.5) is 11.4 Å². The number of anilines is 2. The number of thioether (sulfide) groups is 1. The van der Waals surface area contributed by atoms with Crippen LogP contribution in [0.3, 0.4) is 0 Å². The van der Waals surface area contributed by atoms with Crippen molar-refractivity contribution in [1.29, 1.82) is 0 Å². The van der Waals surface area contributed by atoms with Crippen LogP contribution >= 0.6 is 11.8 Å². The van der Waals surface area contributed by atoms with E-state index in [9.17, 15) is 4.79 Å². The molecule has 0 aromatic heterocycles. The normalized spacial score (nSPS) is 11.9. The topological polar surface area (TPSA) is 64.3 Å². The van der Waals surface area contributed by atoms with E-state index >= 15 is 0 Å². The molecule has 100 valence electrons. The number of nitrogens with one attached hydrogen (secondary N) is 1. The summed E-state index contributed by atoms with van der Waals surface area (Å²) in [5.74, 6) is 1.75. The van der Waals surface area contributed by atoms with Crippen molar-refractivity contribution in [3.63, 3.8) is 0 Å². The van der Waals surface area contributed by atoms with Gasteiger partial charge in [-0.05, 0) is 30.9 Å². The quantitative estimate of drug-likeness (QED) is 0.613. The minimum absolute atomic E-state index is 0.334. The molecule has 1 aromatic carbocycles. The first kappa shape index (κ1) is 14.7. The highest BCUT2D eigenvalue weighted by molar-refractivity contribution is 7.99. The summed E-state index contributed by atoms with van der Waals surface area (Å²) in [6, 6.07) is 5.49. The monoisotopic (exact) mass is 268 g/mol. The fourth-order valence-corrected chi connectivity index (χ4v) is 2.21. The minimum Gasteiger partial charge on any atom is -0.465 e. The maximum absolute atomic E-state index is 11.3. The predicted molar refractivity (Wildman–Crippen MR) is 78.3 cm³/mol. The van der Waals surface area contributed by atoms with Gasteiger partial charge in [0.15, 0.2) is 0 Å². The van der Waals surface area contributed by atoms with Crippen LogP contribution in [0.5, 0.6) is 0 Å². The molecule has 1 unspecified atom stereocenters. The Kier molecular flexibility index (Phi) is 5.85. The van der Waals surface area contributed by atoms with E-state index in [1.165, 1.54) is 7.11 Å². The van der Waals surface area contributed by atoms with Crippen LogP contribution in [0.25, 0.3) is 0 Å². The van der Waals surface area contributed by atoms with Gasteiger partial charge < -0.3 is 15.8 Å². The molecule has 0 saturated heterocycles. The molecule has 0 saturated carbocycles. The lowest BCUT2D eigenvalue weighted by atomic mass is 10.1. The standard InChI is InChI=1S/C13H20N2O2S/c1-4-18-8-9(2)15-12-6-5-10(7-11(12)14)13(16)17-3/h5-7,9,15H,4,8,14H2,1-3H3. The number of benzene rings is 1. The number of carbonyl (C=O) groups excluding carboxylic acids is 1. The number of rotatable bonds is 6. The van der Waals surface area contributed by atoms with E-state index in [4.69, 9.17) is 5.73 Å². The summed E-state index contributed by atoms with van der Waals surface area (Å²) >= 11 is 1.88. The molecule has 0 aliphatic carbocycles. The molecule has 0 heterocycles. The van der Waals surface area contributed by atoms with Crippen molar-refractivity contribution < 1.29 is 9.53 Å². The van der Waals surface area contributed by atoms with Gasteiger partial charge in [-0.3, -0.25) is 0 Å². The van der Waals surface area contributed by atoms with E-state index in [1.54, 1.807) is 12.1 Å². The van der Waals surface area contributed by atoms with Crippen molar-refractivity contribution >= 4 is 29.1 Å². The molecule has 5 heteroatoms. The van der Waals surface area contributed by atoms with Gasteiger partial charge in [0.05, 0.1) is 24.0 Å². The molecule has 0 spiro atoms.